The maximum absolute atomic E-state index is 4.17. The van der Waals surface area contributed by atoms with Crippen molar-refractivity contribution in [2.45, 2.75) is 6.92 Å². The number of aromatic nitrogens is 2. The van der Waals surface area contributed by atoms with E-state index in [1.54, 1.807) is 0 Å². The van der Waals surface area contributed by atoms with Crippen LogP contribution in [0.3, 0.4) is 0 Å². The Labute approximate surface area is 228 Å². The second kappa shape index (κ2) is 9.34. The summed E-state index contributed by atoms with van der Waals surface area (Å²) < 4.78 is 4.66. The molecule has 7 rings (SSSR count). The predicted octanol–water partition coefficient (Wildman–Crippen LogP) is 10.1. The second-order valence-corrected chi connectivity index (χ2v) is 9.83. The van der Waals surface area contributed by atoms with E-state index in [2.05, 4.69) is 156 Å². The molecule has 2 heterocycles. The first-order chi connectivity index (χ1) is 19.3. The van der Waals surface area contributed by atoms with Gasteiger partial charge >= 0.3 is 0 Å². The van der Waals surface area contributed by atoms with E-state index in [-0.39, 0.29) is 0 Å². The molecule has 2 heteroatoms. The Bertz CT molecular complexity index is 2020. The van der Waals surface area contributed by atoms with Gasteiger partial charge in [0.15, 0.2) is 0 Å². The molecule has 2 aromatic heterocycles. The number of nitrogens with zero attached hydrogens (tertiary/aromatic N) is 2. The lowest BCUT2D eigenvalue weighted by atomic mass is 10.00. The van der Waals surface area contributed by atoms with E-state index in [1.807, 2.05) is 6.08 Å². The minimum Gasteiger partial charge on any atom is -0.309 e. The summed E-state index contributed by atoms with van der Waals surface area (Å²) >= 11 is 0. The molecule has 0 fully saturated rings. The summed E-state index contributed by atoms with van der Waals surface area (Å²) in [6, 6.07) is 43.5. The minimum atomic E-state index is 1.10. The summed E-state index contributed by atoms with van der Waals surface area (Å²) in [5, 5.41) is 3.74. The van der Waals surface area contributed by atoms with Crippen molar-refractivity contribution < 1.29 is 0 Å². The Morgan fingerprint density at radius 1 is 0.538 bits per heavy atom. The third-order valence-corrected chi connectivity index (χ3v) is 7.61. The van der Waals surface area contributed by atoms with Crippen LogP contribution in [0.15, 0.2) is 134 Å². The fourth-order valence-corrected chi connectivity index (χ4v) is 5.92. The molecular weight excluding hydrogens is 472 g/mol. The highest BCUT2D eigenvalue weighted by Gasteiger charge is 2.17. The summed E-state index contributed by atoms with van der Waals surface area (Å²) in [6.07, 6.45) is 6.26. The first-order valence-corrected chi connectivity index (χ1v) is 13.4. The topological polar surface area (TPSA) is 9.86 Å². The summed E-state index contributed by atoms with van der Waals surface area (Å²) in [5.41, 5.74) is 10.6. The molecule has 5 aromatic carbocycles. The normalized spacial score (nSPS) is 11.7. The lowest BCUT2D eigenvalue weighted by molar-refractivity contribution is 1.11. The van der Waals surface area contributed by atoms with Crippen LogP contribution in [0.2, 0.25) is 0 Å². The summed E-state index contributed by atoms with van der Waals surface area (Å²) in [5.74, 6) is 0. The number of hydrogen-bond acceptors (Lipinski definition) is 0. The number of fused-ring (bicyclic) bond motifs is 4. The number of para-hydroxylation sites is 3. The molecule has 0 saturated heterocycles. The van der Waals surface area contributed by atoms with Crippen molar-refractivity contribution in [1.82, 2.24) is 9.13 Å². The van der Waals surface area contributed by atoms with Crippen LogP contribution >= 0.6 is 0 Å². The molecule has 39 heavy (non-hydrogen) atoms. The maximum Gasteiger partial charge on any atom is 0.0541 e. The van der Waals surface area contributed by atoms with Crippen LogP contribution in [0.4, 0.5) is 0 Å². The van der Waals surface area contributed by atoms with Gasteiger partial charge in [0.2, 0.25) is 0 Å². The molecule has 0 saturated carbocycles. The lowest BCUT2D eigenvalue weighted by Crippen LogP contribution is -1.96. The molecule has 186 valence electrons. The average molecular weight is 501 g/mol. The van der Waals surface area contributed by atoms with Crippen LogP contribution in [0, 0.1) is 0 Å². The van der Waals surface area contributed by atoms with Crippen LogP contribution in [0.25, 0.3) is 67.4 Å². The molecular formula is C37H28N2. The van der Waals surface area contributed by atoms with Crippen molar-refractivity contribution >= 4 is 44.9 Å². The third kappa shape index (κ3) is 3.65. The van der Waals surface area contributed by atoms with Gasteiger partial charge in [-0.15, -0.1) is 0 Å². The zero-order chi connectivity index (χ0) is 26.3. The molecule has 0 spiro atoms. The van der Waals surface area contributed by atoms with Crippen LogP contribution in [-0.2, 0) is 0 Å². The molecule has 0 aliphatic heterocycles. The van der Waals surface area contributed by atoms with Gasteiger partial charge in [-0.2, -0.15) is 0 Å². The molecule has 0 N–H and O–H groups in total. The van der Waals surface area contributed by atoms with Gasteiger partial charge in [-0.25, -0.2) is 0 Å². The lowest BCUT2D eigenvalue weighted by Gasteiger charge is -2.10. The molecule has 7 aromatic rings. The second-order valence-electron chi connectivity index (χ2n) is 9.83. The largest absolute Gasteiger partial charge is 0.309 e. The van der Waals surface area contributed by atoms with Crippen molar-refractivity contribution in [3.8, 4) is 22.5 Å². The minimum absolute atomic E-state index is 1.10. The van der Waals surface area contributed by atoms with E-state index >= 15 is 0 Å². The van der Waals surface area contributed by atoms with Gasteiger partial charge in [0.25, 0.3) is 0 Å². The molecule has 2 nitrogen and oxygen atoms in total. The third-order valence-electron chi connectivity index (χ3n) is 7.61. The predicted molar refractivity (Wildman–Crippen MR) is 168 cm³/mol. The Hall–Kier alpha value is -5.08. The standard InChI is InChI=1S/C37H28N2/c1-3-13-30-32-24-26(20-22-36(32)38(34(30)4-2)28-14-7-5-8-15-28)27-21-23-37-33(25-27)31-18-11-12-19-35(31)39(37)29-16-9-6-10-17-29/h3-25H,2H2,1H3/b13-3-. The molecule has 0 aliphatic rings. The highest BCUT2D eigenvalue weighted by Crippen LogP contribution is 2.38. The van der Waals surface area contributed by atoms with E-state index in [0.29, 0.717) is 0 Å². The van der Waals surface area contributed by atoms with Crippen molar-refractivity contribution in [1.29, 1.82) is 0 Å². The quantitative estimate of drug-likeness (QED) is 0.222. The molecule has 0 radical (unpaired) electrons. The zero-order valence-electron chi connectivity index (χ0n) is 21.9. The smallest absolute Gasteiger partial charge is 0.0541 e. The first kappa shape index (κ1) is 23.1. The highest BCUT2D eigenvalue weighted by molar-refractivity contribution is 6.10. The summed E-state index contributed by atoms with van der Waals surface area (Å²) in [6.45, 7) is 6.24. The maximum atomic E-state index is 4.17. The van der Waals surface area contributed by atoms with Crippen molar-refractivity contribution in [2.24, 2.45) is 0 Å². The van der Waals surface area contributed by atoms with Gasteiger partial charge in [-0.05, 0) is 78.7 Å². The Balaban J connectivity index is 1.46. The molecule has 0 unspecified atom stereocenters. The van der Waals surface area contributed by atoms with E-state index in [1.165, 1.54) is 55.1 Å². The number of rotatable bonds is 5. The highest BCUT2D eigenvalue weighted by atomic mass is 15.0. The average Bonchev–Trinajstić information content (AvgIpc) is 3.50. The zero-order valence-corrected chi connectivity index (χ0v) is 21.9. The van der Waals surface area contributed by atoms with Gasteiger partial charge in [-0.1, -0.05) is 85.5 Å². The van der Waals surface area contributed by atoms with E-state index in [0.717, 1.165) is 11.4 Å². The van der Waals surface area contributed by atoms with Gasteiger partial charge in [0.1, 0.15) is 0 Å². The van der Waals surface area contributed by atoms with Crippen molar-refractivity contribution in [3.05, 3.63) is 145 Å². The Morgan fingerprint density at radius 3 is 1.72 bits per heavy atom. The van der Waals surface area contributed by atoms with Gasteiger partial charge in [0, 0.05) is 33.1 Å². The number of hydrogen-bond donors (Lipinski definition) is 0. The van der Waals surface area contributed by atoms with E-state index in [9.17, 15) is 0 Å². The van der Waals surface area contributed by atoms with Crippen molar-refractivity contribution in [3.63, 3.8) is 0 Å². The summed E-state index contributed by atoms with van der Waals surface area (Å²) in [4.78, 5) is 0. The monoisotopic (exact) mass is 500 g/mol. The fraction of sp³-hybridized carbons (Fsp3) is 0.0270. The molecule has 0 amide bonds. The Morgan fingerprint density at radius 2 is 1.08 bits per heavy atom. The first-order valence-electron chi connectivity index (χ1n) is 13.4. The van der Waals surface area contributed by atoms with Crippen molar-refractivity contribution in [2.75, 3.05) is 0 Å². The van der Waals surface area contributed by atoms with Crippen LogP contribution in [0.1, 0.15) is 18.2 Å². The Kier molecular flexibility index (Phi) is 5.53. The van der Waals surface area contributed by atoms with Gasteiger partial charge < -0.3 is 9.13 Å². The fourth-order valence-electron chi connectivity index (χ4n) is 5.92. The molecule has 0 aliphatic carbocycles. The van der Waals surface area contributed by atoms with E-state index < -0.39 is 0 Å². The number of benzene rings is 5. The number of allylic oxidation sites excluding steroid dienone is 1. The van der Waals surface area contributed by atoms with E-state index in [4.69, 9.17) is 0 Å². The molecule has 0 atom stereocenters. The summed E-state index contributed by atoms with van der Waals surface area (Å²) in [7, 11) is 0. The van der Waals surface area contributed by atoms with Crippen LogP contribution in [0.5, 0.6) is 0 Å². The van der Waals surface area contributed by atoms with Crippen LogP contribution < -0.4 is 0 Å². The SMILES string of the molecule is C=Cc1c(/C=C\C)c2cc(-c3ccc4c(c3)c3ccccc3n4-c3ccccc3)ccc2n1-c1ccccc1. The van der Waals surface area contributed by atoms with Crippen LogP contribution in [-0.4, -0.2) is 9.13 Å². The molecule has 0 bridgehead atoms. The van der Waals surface area contributed by atoms with Gasteiger partial charge in [-0.3, -0.25) is 0 Å². The van der Waals surface area contributed by atoms with Gasteiger partial charge in [0.05, 0.1) is 22.2 Å².